The van der Waals surface area contributed by atoms with Crippen LogP contribution in [0.5, 0.6) is 5.75 Å². The summed E-state index contributed by atoms with van der Waals surface area (Å²) >= 11 is 0. The van der Waals surface area contributed by atoms with Crippen LogP contribution in [0.1, 0.15) is 42.6 Å². The summed E-state index contributed by atoms with van der Waals surface area (Å²) in [6, 6.07) is 3.33. The van der Waals surface area contributed by atoms with Gasteiger partial charge < -0.3 is 4.74 Å². The van der Waals surface area contributed by atoms with Gasteiger partial charge in [-0.25, -0.2) is 0 Å². The average molecular weight is 260 g/mol. The van der Waals surface area contributed by atoms with Crippen LogP contribution in [0.4, 0.5) is 13.2 Å². The van der Waals surface area contributed by atoms with E-state index < -0.39 is 11.7 Å². The van der Waals surface area contributed by atoms with Gasteiger partial charge in [0.1, 0.15) is 12.0 Å². The zero-order chi connectivity index (χ0) is 13.8. The lowest BCUT2D eigenvalue weighted by Crippen LogP contribution is -2.17. The SMILES string of the molecule is CCC(CC)Oc1ccc(C=O)cc1C(F)(F)F. The molecule has 0 saturated carbocycles. The van der Waals surface area contributed by atoms with Crippen LogP contribution in [0, 0.1) is 0 Å². The summed E-state index contributed by atoms with van der Waals surface area (Å²) in [5.74, 6) is -0.221. The Morgan fingerprint density at radius 3 is 2.33 bits per heavy atom. The molecule has 0 aliphatic carbocycles. The predicted molar refractivity (Wildman–Crippen MR) is 61.8 cm³/mol. The third kappa shape index (κ3) is 3.48. The van der Waals surface area contributed by atoms with Gasteiger partial charge in [0, 0.05) is 5.56 Å². The first kappa shape index (κ1) is 14.5. The standard InChI is InChI=1S/C13H15F3O2/c1-3-10(4-2)18-12-6-5-9(8-17)7-11(12)13(14,15)16/h5-8,10H,3-4H2,1-2H3. The highest BCUT2D eigenvalue weighted by Gasteiger charge is 2.35. The van der Waals surface area contributed by atoms with Crippen molar-refractivity contribution in [3.8, 4) is 5.75 Å². The molecule has 0 unspecified atom stereocenters. The first-order valence-corrected chi connectivity index (χ1v) is 5.75. The molecular weight excluding hydrogens is 245 g/mol. The Kier molecular flexibility index (Phi) is 4.76. The summed E-state index contributed by atoms with van der Waals surface area (Å²) in [7, 11) is 0. The van der Waals surface area contributed by atoms with Gasteiger partial charge >= 0.3 is 6.18 Å². The number of aldehydes is 1. The molecule has 2 nitrogen and oxygen atoms in total. The molecule has 1 rings (SSSR count). The van der Waals surface area contributed by atoms with Crippen LogP contribution < -0.4 is 4.74 Å². The maximum Gasteiger partial charge on any atom is 0.419 e. The average Bonchev–Trinajstić information content (AvgIpc) is 2.34. The number of hydrogen-bond acceptors (Lipinski definition) is 2. The lowest BCUT2D eigenvalue weighted by atomic mass is 10.1. The van der Waals surface area contributed by atoms with Gasteiger partial charge in [0.25, 0.3) is 0 Å². The van der Waals surface area contributed by atoms with Crippen LogP contribution in [0.3, 0.4) is 0 Å². The highest BCUT2D eigenvalue weighted by Crippen LogP contribution is 2.37. The van der Waals surface area contributed by atoms with Crippen LogP contribution >= 0.6 is 0 Å². The largest absolute Gasteiger partial charge is 0.490 e. The smallest absolute Gasteiger partial charge is 0.419 e. The van der Waals surface area contributed by atoms with E-state index in [2.05, 4.69) is 0 Å². The molecule has 0 heterocycles. The van der Waals surface area contributed by atoms with Crippen molar-refractivity contribution in [1.29, 1.82) is 0 Å². The van der Waals surface area contributed by atoms with Gasteiger partial charge in [-0.2, -0.15) is 13.2 Å². The van der Waals surface area contributed by atoms with E-state index in [1.54, 1.807) is 0 Å². The molecule has 0 fully saturated rings. The molecule has 0 radical (unpaired) electrons. The molecule has 1 aromatic rings. The Bertz CT molecular complexity index is 409. The van der Waals surface area contributed by atoms with Gasteiger partial charge in [-0.05, 0) is 31.0 Å². The maximum atomic E-state index is 12.8. The van der Waals surface area contributed by atoms with Crippen LogP contribution in [0.2, 0.25) is 0 Å². The quantitative estimate of drug-likeness (QED) is 0.745. The van der Waals surface area contributed by atoms with Gasteiger partial charge in [-0.3, -0.25) is 4.79 Å². The number of carbonyl (C=O) groups excluding carboxylic acids is 1. The molecule has 0 spiro atoms. The monoisotopic (exact) mass is 260 g/mol. The second-order valence-electron chi connectivity index (χ2n) is 3.93. The Labute approximate surface area is 104 Å². The van der Waals surface area contributed by atoms with Crippen LogP contribution in [-0.2, 0) is 6.18 Å². The third-order valence-electron chi connectivity index (χ3n) is 2.65. The van der Waals surface area contributed by atoms with Crippen molar-refractivity contribution in [3.05, 3.63) is 29.3 Å². The highest BCUT2D eigenvalue weighted by atomic mass is 19.4. The second kappa shape index (κ2) is 5.89. The first-order valence-electron chi connectivity index (χ1n) is 5.75. The first-order chi connectivity index (χ1) is 8.42. The number of benzene rings is 1. The Morgan fingerprint density at radius 1 is 1.28 bits per heavy atom. The van der Waals surface area contributed by atoms with Crippen LogP contribution in [-0.4, -0.2) is 12.4 Å². The minimum Gasteiger partial charge on any atom is -0.490 e. The van der Waals surface area contributed by atoms with Crippen molar-refractivity contribution in [2.24, 2.45) is 0 Å². The molecule has 5 heteroatoms. The number of hydrogen-bond donors (Lipinski definition) is 0. The predicted octanol–water partition coefficient (Wildman–Crippen LogP) is 4.09. The van der Waals surface area contributed by atoms with E-state index >= 15 is 0 Å². The minimum absolute atomic E-state index is 0.0146. The Morgan fingerprint density at radius 2 is 1.89 bits per heavy atom. The van der Waals surface area contributed by atoms with E-state index in [-0.39, 0.29) is 17.4 Å². The van der Waals surface area contributed by atoms with Crippen molar-refractivity contribution < 1.29 is 22.7 Å². The topological polar surface area (TPSA) is 26.3 Å². The molecule has 0 N–H and O–H groups in total. The number of halogens is 3. The molecule has 1 aromatic carbocycles. The number of ether oxygens (including phenoxy) is 1. The molecule has 0 aromatic heterocycles. The molecule has 100 valence electrons. The maximum absolute atomic E-state index is 12.8. The number of alkyl halides is 3. The van der Waals surface area contributed by atoms with Crippen molar-refractivity contribution in [2.45, 2.75) is 39.0 Å². The molecule has 0 atom stereocenters. The normalized spacial score (nSPS) is 11.7. The van der Waals surface area contributed by atoms with E-state index in [1.807, 2.05) is 13.8 Å². The van der Waals surface area contributed by atoms with Crippen LogP contribution in [0.15, 0.2) is 18.2 Å². The van der Waals surface area contributed by atoms with Crippen LogP contribution in [0.25, 0.3) is 0 Å². The minimum atomic E-state index is -4.53. The molecule has 0 bridgehead atoms. The number of carbonyl (C=O) groups is 1. The van der Waals surface area contributed by atoms with E-state index in [9.17, 15) is 18.0 Å². The van der Waals surface area contributed by atoms with Gasteiger partial charge in [0.2, 0.25) is 0 Å². The number of rotatable bonds is 5. The summed E-state index contributed by atoms with van der Waals surface area (Å²) in [5.41, 5.74) is -0.918. The van der Waals surface area contributed by atoms with E-state index in [0.717, 1.165) is 6.07 Å². The van der Waals surface area contributed by atoms with Crippen molar-refractivity contribution in [1.82, 2.24) is 0 Å². The van der Waals surface area contributed by atoms with E-state index in [4.69, 9.17) is 4.74 Å². The lowest BCUT2D eigenvalue weighted by molar-refractivity contribution is -0.139. The van der Waals surface area contributed by atoms with Gasteiger partial charge in [-0.1, -0.05) is 13.8 Å². The molecule has 0 saturated heterocycles. The van der Waals surface area contributed by atoms with Gasteiger partial charge in [0.15, 0.2) is 0 Å². The van der Waals surface area contributed by atoms with E-state index in [1.165, 1.54) is 12.1 Å². The summed E-state index contributed by atoms with van der Waals surface area (Å²) in [4.78, 5) is 10.5. The van der Waals surface area contributed by atoms with Gasteiger partial charge in [0.05, 0.1) is 11.7 Å². The summed E-state index contributed by atoms with van der Waals surface area (Å²) in [5, 5.41) is 0. The fourth-order valence-corrected chi connectivity index (χ4v) is 1.58. The molecule has 0 aliphatic rings. The summed E-state index contributed by atoms with van der Waals surface area (Å²) in [6.07, 6.45) is -3.14. The Hall–Kier alpha value is -1.52. The van der Waals surface area contributed by atoms with Crippen molar-refractivity contribution >= 4 is 6.29 Å². The molecule has 18 heavy (non-hydrogen) atoms. The fraction of sp³-hybridized carbons (Fsp3) is 0.462. The van der Waals surface area contributed by atoms with Crippen molar-refractivity contribution in [2.75, 3.05) is 0 Å². The molecular formula is C13H15F3O2. The zero-order valence-electron chi connectivity index (χ0n) is 10.3. The third-order valence-corrected chi connectivity index (χ3v) is 2.65. The van der Waals surface area contributed by atoms with Gasteiger partial charge in [-0.15, -0.1) is 0 Å². The molecule has 0 amide bonds. The molecule has 0 aliphatic heterocycles. The fourth-order valence-electron chi connectivity index (χ4n) is 1.58. The zero-order valence-corrected chi connectivity index (χ0v) is 10.3. The second-order valence-corrected chi connectivity index (χ2v) is 3.93. The van der Waals surface area contributed by atoms with E-state index in [0.29, 0.717) is 19.1 Å². The summed E-state index contributed by atoms with van der Waals surface area (Å²) < 4.78 is 43.8. The lowest BCUT2D eigenvalue weighted by Gasteiger charge is -2.19. The summed E-state index contributed by atoms with van der Waals surface area (Å²) in [6.45, 7) is 3.70. The van der Waals surface area contributed by atoms with Crippen molar-refractivity contribution in [3.63, 3.8) is 0 Å². The Balaban J connectivity index is 3.14. The highest BCUT2D eigenvalue weighted by molar-refractivity contribution is 5.75.